The van der Waals surface area contributed by atoms with Crippen LogP contribution in [0.3, 0.4) is 0 Å². The average Bonchev–Trinajstić information content (AvgIpc) is 3.01. The lowest BCUT2D eigenvalue weighted by atomic mass is 10.1. The first-order chi connectivity index (χ1) is 12.5. The molecule has 0 amide bonds. The van der Waals surface area contributed by atoms with Crippen molar-refractivity contribution < 1.29 is 4.74 Å². The predicted octanol–water partition coefficient (Wildman–Crippen LogP) is 3.49. The molecule has 1 heterocycles. The third-order valence-corrected chi connectivity index (χ3v) is 4.30. The largest absolute Gasteiger partial charge is 0.493 e. The second kappa shape index (κ2) is 11.8. The standard InChI is InChI=1S/C20H31N5O.HI/c1-6-21-20(23-14-18-8-10-24-25(18)5)22-9-7-11-26-19-13-15(2)12-16(3)17(19)4;/h8,10,12-13H,6-7,9,11,14H2,1-5H3,(H2,21,22,23);1H. The SMILES string of the molecule is CCNC(=NCc1ccnn1C)NCCCOc1cc(C)cc(C)c1C.I. The van der Waals surface area contributed by atoms with E-state index >= 15 is 0 Å². The molecular weight excluding hydrogens is 453 g/mol. The lowest BCUT2D eigenvalue weighted by molar-refractivity contribution is 0.308. The molecule has 0 aliphatic heterocycles. The zero-order chi connectivity index (χ0) is 18.9. The van der Waals surface area contributed by atoms with Gasteiger partial charge in [0.2, 0.25) is 0 Å². The van der Waals surface area contributed by atoms with E-state index in [1.54, 1.807) is 6.20 Å². The van der Waals surface area contributed by atoms with E-state index in [1.807, 2.05) is 17.8 Å². The van der Waals surface area contributed by atoms with Crippen molar-refractivity contribution in [2.45, 2.75) is 40.7 Å². The van der Waals surface area contributed by atoms with E-state index in [0.717, 1.165) is 36.9 Å². The Morgan fingerprint density at radius 3 is 2.67 bits per heavy atom. The molecule has 0 saturated carbocycles. The lowest BCUT2D eigenvalue weighted by Crippen LogP contribution is -2.38. The molecule has 1 aromatic carbocycles. The van der Waals surface area contributed by atoms with E-state index in [0.29, 0.717) is 13.2 Å². The molecular formula is C20H32IN5O. The summed E-state index contributed by atoms with van der Waals surface area (Å²) >= 11 is 0. The molecule has 0 radical (unpaired) electrons. The molecule has 0 aliphatic carbocycles. The summed E-state index contributed by atoms with van der Waals surface area (Å²) in [6.45, 7) is 11.3. The van der Waals surface area contributed by atoms with Crippen molar-refractivity contribution >= 4 is 29.9 Å². The van der Waals surface area contributed by atoms with Crippen molar-refractivity contribution in [1.82, 2.24) is 20.4 Å². The van der Waals surface area contributed by atoms with Gasteiger partial charge < -0.3 is 15.4 Å². The van der Waals surface area contributed by atoms with Gasteiger partial charge in [-0.05, 0) is 62.9 Å². The van der Waals surface area contributed by atoms with Crippen LogP contribution in [0.4, 0.5) is 0 Å². The number of halogens is 1. The van der Waals surface area contributed by atoms with Crippen LogP contribution in [0.5, 0.6) is 5.75 Å². The van der Waals surface area contributed by atoms with Crippen LogP contribution < -0.4 is 15.4 Å². The van der Waals surface area contributed by atoms with E-state index in [9.17, 15) is 0 Å². The molecule has 150 valence electrons. The Kier molecular flexibility index (Phi) is 10.2. The van der Waals surface area contributed by atoms with Gasteiger partial charge >= 0.3 is 0 Å². The first-order valence-corrected chi connectivity index (χ1v) is 9.21. The fourth-order valence-electron chi connectivity index (χ4n) is 2.67. The smallest absolute Gasteiger partial charge is 0.191 e. The van der Waals surface area contributed by atoms with Gasteiger partial charge in [-0.2, -0.15) is 5.10 Å². The zero-order valence-corrected chi connectivity index (χ0v) is 19.3. The van der Waals surface area contributed by atoms with E-state index in [-0.39, 0.29) is 24.0 Å². The van der Waals surface area contributed by atoms with Gasteiger partial charge in [0.1, 0.15) is 5.75 Å². The fourth-order valence-corrected chi connectivity index (χ4v) is 2.67. The van der Waals surface area contributed by atoms with Crippen LogP contribution in [0, 0.1) is 20.8 Å². The number of rotatable bonds is 8. The number of aryl methyl sites for hydroxylation is 3. The van der Waals surface area contributed by atoms with E-state index in [4.69, 9.17) is 4.74 Å². The van der Waals surface area contributed by atoms with Gasteiger partial charge in [0.25, 0.3) is 0 Å². The average molecular weight is 485 g/mol. The zero-order valence-electron chi connectivity index (χ0n) is 17.0. The summed E-state index contributed by atoms with van der Waals surface area (Å²) in [6.07, 6.45) is 2.69. The maximum absolute atomic E-state index is 5.96. The molecule has 2 N–H and O–H groups in total. The van der Waals surface area contributed by atoms with Gasteiger partial charge in [-0.3, -0.25) is 4.68 Å². The maximum Gasteiger partial charge on any atom is 0.191 e. The number of aliphatic imine (C=N–C) groups is 1. The summed E-state index contributed by atoms with van der Waals surface area (Å²) in [5.74, 6) is 1.80. The highest BCUT2D eigenvalue weighted by molar-refractivity contribution is 14.0. The molecule has 0 fully saturated rings. The van der Waals surface area contributed by atoms with Crippen LogP contribution in [0.15, 0.2) is 29.4 Å². The Labute approximate surface area is 179 Å². The second-order valence-corrected chi connectivity index (χ2v) is 6.48. The van der Waals surface area contributed by atoms with E-state index in [2.05, 4.69) is 60.6 Å². The van der Waals surface area contributed by atoms with Crippen LogP contribution in [0.25, 0.3) is 0 Å². The first-order valence-electron chi connectivity index (χ1n) is 9.21. The molecule has 0 unspecified atom stereocenters. The Bertz CT molecular complexity index is 742. The van der Waals surface area contributed by atoms with Gasteiger partial charge in [-0.15, -0.1) is 24.0 Å². The van der Waals surface area contributed by atoms with Crippen LogP contribution in [0.1, 0.15) is 35.7 Å². The van der Waals surface area contributed by atoms with Gasteiger partial charge in [0, 0.05) is 26.3 Å². The van der Waals surface area contributed by atoms with Crippen molar-refractivity contribution in [3.63, 3.8) is 0 Å². The molecule has 0 saturated heterocycles. The fraction of sp³-hybridized carbons (Fsp3) is 0.500. The highest BCUT2D eigenvalue weighted by Gasteiger charge is 2.04. The van der Waals surface area contributed by atoms with Gasteiger partial charge in [-0.25, -0.2) is 4.99 Å². The Hall–Kier alpha value is -1.77. The minimum absolute atomic E-state index is 0. The van der Waals surface area contributed by atoms with Crippen molar-refractivity contribution in [3.05, 3.63) is 46.8 Å². The summed E-state index contributed by atoms with van der Waals surface area (Å²) in [5, 5.41) is 10.8. The van der Waals surface area contributed by atoms with Gasteiger partial charge in [-0.1, -0.05) is 6.07 Å². The monoisotopic (exact) mass is 485 g/mol. The number of nitrogens with one attached hydrogen (secondary N) is 2. The molecule has 27 heavy (non-hydrogen) atoms. The molecule has 0 spiro atoms. The molecule has 0 aliphatic rings. The predicted molar refractivity (Wildman–Crippen MR) is 122 cm³/mol. The Morgan fingerprint density at radius 2 is 2.00 bits per heavy atom. The number of benzene rings is 1. The summed E-state index contributed by atoms with van der Waals surface area (Å²) < 4.78 is 7.80. The number of ether oxygens (including phenoxy) is 1. The van der Waals surface area contributed by atoms with Crippen molar-refractivity contribution in [1.29, 1.82) is 0 Å². The van der Waals surface area contributed by atoms with Crippen LogP contribution in [-0.2, 0) is 13.6 Å². The molecule has 1 aromatic heterocycles. The third kappa shape index (κ3) is 7.40. The molecule has 6 nitrogen and oxygen atoms in total. The molecule has 0 bridgehead atoms. The minimum atomic E-state index is 0. The topological polar surface area (TPSA) is 63.5 Å². The van der Waals surface area contributed by atoms with E-state index < -0.39 is 0 Å². The summed E-state index contributed by atoms with van der Waals surface area (Å²) in [6, 6.07) is 6.27. The maximum atomic E-state index is 5.96. The van der Waals surface area contributed by atoms with Crippen LogP contribution in [-0.4, -0.2) is 35.4 Å². The summed E-state index contributed by atoms with van der Waals surface area (Å²) in [5.41, 5.74) is 4.80. The normalized spacial score (nSPS) is 11.1. The van der Waals surface area contributed by atoms with Gasteiger partial charge in [0.05, 0.1) is 18.8 Å². The molecule has 2 aromatic rings. The second-order valence-electron chi connectivity index (χ2n) is 6.48. The quantitative estimate of drug-likeness (QED) is 0.260. The summed E-state index contributed by atoms with van der Waals surface area (Å²) in [7, 11) is 1.93. The van der Waals surface area contributed by atoms with E-state index in [1.165, 1.54) is 16.7 Å². The number of aromatic nitrogens is 2. The number of hydrogen-bond acceptors (Lipinski definition) is 3. The number of guanidine groups is 1. The first kappa shape index (κ1) is 23.3. The highest BCUT2D eigenvalue weighted by atomic mass is 127. The lowest BCUT2D eigenvalue weighted by Gasteiger charge is -2.14. The van der Waals surface area contributed by atoms with Crippen LogP contribution >= 0.6 is 24.0 Å². The van der Waals surface area contributed by atoms with Crippen LogP contribution in [0.2, 0.25) is 0 Å². The number of nitrogens with zero attached hydrogens (tertiary/aromatic N) is 3. The van der Waals surface area contributed by atoms with Crippen molar-refractivity contribution in [3.8, 4) is 5.75 Å². The van der Waals surface area contributed by atoms with Crippen molar-refractivity contribution in [2.75, 3.05) is 19.7 Å². The Morgan fingerprint density at radius 1 is 1.22 bits per heavy atom. The van der Waals surface area contributed by atoms with Gasteiger partial charge in [0.15, 0.2) is 5.96 Å². The minimum Gasteiger partial charge on any atom is -0.493 e. The Balaban J connectivity index is 0.00000364. The molecule has 0 atom stereocenters. The molecule has 2 rings (SSSR count). The van der Waals surface area contributed by atoms with Crippen molar-refractivity contribution in [2.24, 2.45) is 12.0 Å². The molecule has 7 heteroatoms. The third-order valence-electron chi connectivity index (χ3n) is 4.30. The summed E-state index contributed by atoms with van der Waals surface area (Å²) in [4.78, 5) is 4.60. The highest BCUT2D eigenvalue weighted by Crippen LogP contribution is 2.23. The number of hydrogen-bond donors (Lipinski definition) is 2.